The molecule has 1 aliphatic rings. The molecule has 1 aromatic carbocycles. The molecule has 0 N–H and O–H groups in total. The Morgan fingerprint density at radius 3 is 2.81 bits per heavy atom. The third-order valence-corrected chi connectivity index (χ3v) is 5.45. The topological polar surface area (TPSA) is 63.7 Å². The van der Waals surface area contributed by atoms with E-state index in [9.17, 15) is 13.2 Å². The first kappa shape index (κ1) is 16.1. The summed E-state index contributed by atoms with van der Waals surface area (Å²) in [4.78, 5) is 13.8. The van der Waals surface area contributed by atoms with E-state index in [-0.39, 0.29) is 30.1 Å². The fraction of sp³-hybridized carbons (Fsp3) is 0.500. The van der Waals surface area contributed by atoms with Gasteiger partial charge in [-0.25, -0.2) is 8.42 Å². The highest BCUT2D eigenvalue weighted by atomic mass is 35.5. The van der Waals surface area contributed by atoms with Crippen LogP contribution in [0.3, 0.4) is 0 Å². The summed E-state index contributed by atoms with van der Waals surface area (Å²) in [6, 6.07) is 6.57. The molecule has 7 heteroatoms. The van der Waals surface area contributed by atoms with Crippen LogP contribution in [0.5, 0.6) is 5.75 Å². The first-order valence-corrected chi connectivity index (χ1v) is 8.99. The monoisotopic (exact) mass is 331 g/mol. The van der Waals surface area contributed by atoms with E-state index in [4.69, 9.17) is 16.3 Å². The van der Waals surface area contributed by atoms with Crippen LogP contribution >= 0.6 is 11.6 Å². The highest BCUT2D eigenvalue weighted by Crippen LogP contribution is 2.19. The minimum atomic E-state index is -3.01. The number of hydrogen-bond donors (Lipinski definition) is 0. The van der Waals surface area contributed by atoms with Crippen molar-refractivity contribution in [2.24, 2.45) is 0 Å². The van der Waals surface area contributed by atoms with E-state index in [2.05, 4.69) is 0 Å². The van der Waals surface area contributed by atoms with Crippen molar-refractivity contribution in [2.45, 2.75) is 19.4 Å². The van der Waals surface area contributed by atoms with E-state index in [1.807, 2.05) is 6.92 Å². The van der Waals surface area contributed by atoms with Gasteiger partial charge in [0.05, 0.1) is 11.5 Å². The predicted molar refractivity (Wildman–Crippen MR) is 81.4 cm³/mol. The van der Waals surface area contributed by atoms with Gasteiger partial charge < -0.3 is 9.64 Å². The first-order valence-electron chi connectivity index (χ1n) is 6.79. The van der Waals surface area contributed by atoms with Crippen LogP contribution in [0.15, 0.2) is 24.3 Å². The van der Waals surface area contributed by atoms with Crippen LogP contribution < -0.4 is 4.74 Å². The van der Waals surface area contributed by atoms with E-state index in [1.54, 1.807) is 29.2 Å². The zero-order valence-corrected chi connectivity index (χ0v) is 13.4. The van der Waals surface area contributed by atoms with Crippen molar-refractivity contribution in [3.05, 3.63) is 29.3 Å². The molecule has 0 spiro atoms. The van der Waals surface area contributed by atoms with Crippen molar-refractivity contribution in [1.82, 2.24) is 4.90 Å². The van der Waals surface area contributed by atoms with Crippen molar-refractivity contribution in [3.63, 3.8) is 0 Å². The second-order valence-electron chi connectivity index (χ2n) is 4.98. The SMILES string of the molecule is CCN(C(=O)COc1cccc(Cl)c1)C1CCS(=O)(=O)C1. The zero-order valence-electron chi connectivity index (χ0n) is 11.8. The van der Waals surface area contributed by atoms with Gasteiger partial charge in [0.2, 0.25) is 0 Å². The van der Waals surface area contributed by atoms with Crippen LogP contribution in [0.2, 0.25) is 5.02 Å². The van der Waals surface area contributed by atoms with Crippen molar-refractivity contribution < 1.29 is 17.9 Å². The summed E-state index contributed by atoms with van der Waals surface area (Å²) in [6.45, 7) is 2.19. The Bertz CT molecular complexity index is 617. The van der Waals surface area contributed by atoms with Crippen LogP contribution in [0, 0.1) is 0 Å². The lowest BCUT2D eigenvalue weighted by Gasteiger charge is -2.26. The van der Waals surface area contributed by atoms with Crippen molar-refractivity contribution in [2.75, 3.05) is 24.7 Å². The number of ether oxygens (including phenoxy) is 1. The smallest absolute Gasteiger partial charge is 0.260 e. The lowest BCUT2D eigenvalue weighted by Crippen LogP contribution is -2.43. The standard InChI is InChI=1S/C14H18ClNO4S/c1-2-16(12-6-7-21(18,19)10-12)14(17)9-20-13-5-3-4-11(15)8-13/h3-5,8,12H,2,6-7,9-10H2,1H3. The second kappa shape index (κ2) is 6.66. The van der Waals surface area contributed by atoms with E-state index in [1.165, 1.54) is 0 Å². The summed E-state index contributed by atoms with van der Waals surface area (Å²) < 4.78 is 28.5. The molecule has 0 aliphatic carbocycles. The number of amides is 1. The quantitative estimate of drug-likeness (QED) is 0.824. The molecule has 1 fully saturated rings. The van der Waals surface area contributed by atoms with Gasteiger partial charge in [0.1, 0.15) is 5.75 Å². The maximum absolute atomic E-state index is 12.2. The number of carbonyl (C=O) groups excluding carboxylic acids is 1. The maximum Gasteiger partial charge on any atom is 0.260 e. The average Bonchev–Trinajstić information content (AvgIpc) is 2.77. The number of sulfone groups is 1. The van der Waals surface area contributed by atoms with Crippen LogP contribution in [0.1, 0.15) is 13.3 Å². The molecule has 0 aromatic heterocycles. The Morgan fingerprint density at radius 2 is 2.24 bits per heavy atom. The molecule has 0 saturated carbocycles. The third-order valence-electron chi connectivity index (χ3n) is 3.47. The summed E-state index contributed by atoms with van der Waals surface area (Å²) in [6.07, 6.45) is 0.499. The molecule has 1 unspecified atom stereocenters. The van der Waals surface area contributed by atoms with Gasteiger partial charge in [0, 0.05) is 17.6 Å². The summed E-state index contributed by atoms with van der Waals surface area (Å²) >= 11 is 5.84. The molecule has 0 radical (unpaired) electrons. The van der Waals surface area contributed by atoms with E-state index < -0.39 is 9.84 Å². The van der Waals surface area contributed by atoms with E-state index in [0.29, 0.717) is 23.7 Å². The molecular weight excluding hydrogens is 314 g/mol. The minimum absolute atomic E-state index is 0.0454. The lowest BCUT2D eigenvalue weighted by atomic mass is 10.2. The Hall–Kier alpha value is -1.27. The summed E-state index contributed by atoms with van der Waals surface area (Å²) in [5.74, 6) is 0.505. The van der Waals surface area contributed by atoms with Crippen molar-refractivity contribution in [1.29, 1.82) is 0 Å². The Labute approximate surface area is 129 Å². The molecule has 1 heterocycles. The lowest BCUT2D eigenvalue weighted by molar-refractivity contribution is -0.135. The third kappa shape index (κ3) is 4.35. The molecule has 1 aromatic rings. The van der Waals surface area contributed by atoms with Crippen LogP contribution in [-0.4, -0.2) is 49.9 Å². The summed E-state index contributed by atoms with van der Waals surface area (Å²) in [5, 5.41) is 0.536. The van der Waals surface area contributed by atoms with Crippen molar-refractivity contribution in [3.8, 4) is 5.75 Å². The van der Waals surface area contributed by atoms with Gasteiger partial charge in [0.25, 0.3) is 5.91 Å². The second-order valence-corrected chi connectivity index (χ2v) is 7.65. The molecule has 21 heavy (non-hydrogen) atoms. The molecule has 116 valence electrons. The number of nitrogens with zero attached hydrogens (tertiary/aromatic N) is 1. The predicted octanol–water partition coefficient (Wildman–Crippen LogP) is 1.75. The molecule has 2 rings (SSSR count). The van der Waals surface area contributed by atoms with Gasteiger partial charge in [-0.3, -0.25) is 4.79 Å². The highest BCUT2D eigenvalue weighted by molar-refractivity contribution is 7.91. The minimum Gasteiger partial charge on any atom is -0.484 e. The first-order chi connectivity index (χ1) is 9.91. The number of hydrogen-bond acceptors (Lipinski definition) is 4. The number of carbonyl (C=O) groups is 1. The summed E-state index contributed by atoms with van der Waals surface area (Å²) in [7, 11) is -3.01. The number of halogens is 1. The average molecular weight is 332 g/mol. The van der Waals surface area contributed by atoms with Crippen LogP contribution in [0.25, 0.3) is 0 Å². The van der Waals surface area contributed by atoms with Crippen LogP contribution in [-0.2, 0) is 14.6 Å². The van der Waals surface area contributed by atoms with Gasteiger partial charge in [-0.15, -0.1) is 0 Å². The Balaban J connectivity index is 1.95. The van der Waals surface area contributed by atoms with Gasteiger partial charge in [0.15, 0.2) is 16.4 Å². The number of likely N-dealkylation sites (N-methyl/N-ethyl adjacent to an activating group) is 1. The molecular formula is C14H18ClNO4S. The largest absolute Gasteiger partial charge is 0.484 e. The number of rotatable bonds is 5. The summed E-state index contributed by atoms with van der Waals surface area (Å²) in [5.41, 5.74) is 0. The molecule has 1 aliphatic heterocycles. The molecule has 0 bridgehead atoms. The Morgan fingerprint density at radius 1 is 1.48 bits per heavy atom. The van der Waals surface area contributed by atoms with Gasteiger partial charge in [-0.1, -0.05) is 17.7 Å². The molecule has 1 saturated heterocycles. The normalized spacial score (nSPS) is 20.2. The van der Waals surface area contributed by atoms with Gasteiger partial charge in [-0.2, -0.15) is 0 Å². The van der Waals surface area contributed by atoms with E-state index >= 15 is 0 Å². The van der Waals surface area contributed by atoms with Gasteiger partial charge in [-0.05, 0) is 31.5 Å². The number of benzene rings is 1. The zero-order chi connectivity index (χ0) is 15.5. The van der Waals surface area contributed by atoms with E-state index in [0.717, 1.165) is 0 Å². The molecule has 1 atom stereocenters. The fourth-order valence-corrected chi connectivity index (χ4v) is 4.36. The van der Waals surface area contributed by atoms with Gasteiger partial charge >= 0.3 is 0 Å². The Kier molecular flexibility index (Phi) is 5.11. The van der Waals surface area contributed by atoms with Crippen LogP contribution in [0.4, 0.5) is 0 Å². The molecule has 1 amide bonds. The maximum atomic E-state index is 12.2. The van der Waals surface area contributed by atoms with Crippen molar-refractivity contribution >= 4 is 27.3 Å². The molecule has 5 nitrogen and oxygen atoms in total. The highest BCUT2D eigenvalue weighted by Gasteiger charge is 2.33. The fourth-order valence-electron chi connectivity index (χ4n) is 2.44.